The van der Waals surface area contributed by atoms with Crippen LogP contribution in [-0.4, -0.2) is 59.6 Å². The standard InChI is InChI=1S/C14H28N2O2/c1-7-15-8-9-16(10-11(15)2)12(3)13(17)18-14(4,5)6/h11-12H,7-10H2,1-6H3. The molecule has 0 amide bonds. The van der Waals surface area contributed by atoms with Crippen LogP contribution in [0.15, 0.2) is 0 Å². The van der Waals surface area contributed by atoms with Gasteiger partial charge in [-0.15, -0.1) is 0 Å². The van der Waals surface area contributed by atoms with Crippen LogP contribution in [0.2, 0.25) is 0 Å². The molecule has 18 heavy (non-hydrogen) atoms. The third kappa shape index (κ3) is 4.25. The molecular formula is C14H28N2O2. The number of carbonyl (C=O) groups is 1. The summed E-state index contributed by atoms with van der Waals surface area (Å²) in [6.45, 7) is 16.1. The van der Waals surface area contributed by atoms with E-state index in [9.17, 15) is 4.79 Å². The molecule has 1 heterocycles. The van der Waals surface area contributed by atoms with E-state index < -0.39 is 5.60 Å². The van der Waals surface area contributed by atoms with Crippen molar-refractivity contribution < 1.29 is 9.53 Å². The molecule has 0 aromatic rings. The van der Waals surface area contributed by atoms with Crippen LogP contribution in [0.1, 0.15) is 41.5 Å². The van der Waals surface area contributed by atoms with Crippen LogP contribution in [0.3, 0.4) is 0 Å². The highest BCUT2D eigenvalue weighted by Crippen LogP contribution is 2.15. The Morgan fingerprint density at radius 3 is 2.44 bits per heavy atom. The summed E-state index contributed by atoms with van der Waals surface area (Å²) in [5.74, 6) is -0.111. The maximum absolute atomic E-state index is 12.0. The summed E-state index contributed by atoms with van der Waals surface area (Å²) >= 11 is 0. The van der Waals surface area contributed by atoms with Gasteiger partial charge in [0.05, 0.1) is 0 Å². The van der Waals surface area contributed by atoms with E-state index in [0.29, 0.717) is 6.04 Å². The Kier molecular flexibility index (Phi) is 5.17. The summed E-state index contributed by atoms with van der Waals surface area (Å²) in [5, 5.41) is 0. The first kappa shape index (κ1) is 15.4. The molecular weight excluding hydrogens is 228 g/mol. The molecule has 0 radical (unpaired) electrons. The number of rotatable bonds is 3. The fourth-order valence-corrected chi connectivity index (χ4v) is 2.38. The van der Waals surface area contributed by atoms with Crippen LogP contribution in [0.4, 0.5) is 0 Å². The molecule has 0 N–H and O–H groups in total. The molecule has 0 bridgehead atoms. The van der Waals surface area contributed by atoms with Crippen molar-refractivity contribution in [1.29, 1.82) is 0 Å². The summed E-state index contributed by atoms with van der Waals surface area (Å²) in [4.78, 5) is 16.7. The average Bonchev–Trinajstić information content (AvgIpc) is 2.25. The maximum atomic E-state index is 12.0. The molecule has 1 saturated heterocycles. The van der Waals surface area contributed by atoms with Crippen LogP contribution in [0, 0.1) is 0 Å². The van der Waals surface area contributed by atoms with E-state index in [1.54, 1.807) is 0 Å². The van der Waals surface area contributed by atoms with E-state index in [4.69, 9.17) is 4.74 Å². The molecule has 0 aliphatic carbocycles. The van der Waals surface area contributed by atoms with Crippen LogP contribution < -0.4 is 0 Å². The second-order valence-corrected chi connectivity index (χ2v) is 6.18. The van der Waals surface area contributed by atoms with Gasteiger partial charge < -0.3 is 4.74 Å². The lowest BCUT2D eigenvalue weighted by molar-refractivity contribution is -0.161. The zero-order valence-corrected chi connectivity index (χ0v) is 12.7. The van der Waals surface area contributed by atoms with Crippen molar-refractivity contribution in [3.63, 3.8) is 0 Å². The fourth-order valence-electron chi connectivity index (χ4n) is 2.38. The van der Waals surface area contributed by atoms with E-state index in [0.717, 1.165) is 26.2 Å². The lowest BCUT2D eigenvalue weighted by atomic mass is 10.1. The van der Waals surface area contributed by atoms with Gasteiger partial charge >= 0.3 is 5.97 Å². The summed E-state index contributed by atoms with van der Waals surface area (Å²) in [6, 6.07) is 0.360. The highest BCUT2D eigenvalue weighted by molar-refractivity contribution is 5.75. The van der Waals surface area contributed by atoms with Crippen LogP contribution in [0.25, 0.3) is 0 Å². The van der Waals surface area contributed by atoms with Crippen molar-refractivity contribution in [2.24, 2.45) is 0 Å². The monoisotopic (exact) mass is 256 g/mol. The van der Waals surface area contributed by atoms with Crippen molar-refractivity contribution in [3.8, 4) is 0 Å². The topological polar surface area (TPSA) is 32.8 Å². The Balaban J connectivity index is 2.53. The number of hydrogen-bond donors (Lipinski definition) is 0. The van der Waals surface area contributed by atoms with Gasteiger partial charge in [-0.3, -0.25) is 14.6 Å². The Labute approximate surface area is 111 Å². The van der Waals surface area contributed by atoms with Crippen LogP contribution >= 0.6 is 0 Å². The Bertz CT molecular complexity index is 286. The first-order valence-corrected chi connectivity index (χ1v) is 6.95. The van der Waals surface area contributed by atoms with Gasteiger partial charge in [-0.05, 0) is 41.2 Å². The highest BCUT2D eigenvalue weighted by atomic mass is 16.6. The molecule has 1 rings (SSSR count). The highest BCUT2D eigenvalue weighted by Gasteiger charge is 2.31. The molecule has 2 atom stereocenters. The van der Waals surface area contributed by atoms with Crippen molar-refractivity contribution in [3.05, 3.63) is 0 Å². The van der Waals surface area contributed by atoms with Crippen molar-refractivity contribution in [2.75, 3.05) is 26.2 Å². The lowest BCUT2D eigenvalue weighted by Crippen LogP contribution is -2.56. The summed E-state index contributed by atoms with van der Waals surface area (Å²) < 4.78 is 5.45. The van der Waals surface area contributed by atoms with Gasteiger partial charge in [-0.1, -0.05) is 6.92 Å². The number of carbonyl (C=O) groups excluding carboxylic acids is 1. The number of hydrogen-bond acceptors (Lipinski definition) is 4. The van der Waals surface area contributed by atoms with E-state index in [1.165, 1.54) is 0 Å². The molecule has 4 nitrogen and oxygen atoms in total. The molecule has 0 saturated carbocycles. The predicted octanol–water partition coefficient (Wildman–Crippen LogP) is 1.74. The number of nitrogens with zero attached hydrogens (tertiary/aromatic N) is 2. The van der Waals surface area contributed by atoms with Crippen LogP contribution in [-0.2, 0) is 9.53 Å². The normalized spacial score (nSPS) is 24.9. The smallest absolute Gasteiger partial charge is 0.323 e. The first-order valence-electron chi connectivity index (χ1n) is 6.95. The summed E-state index contributed by atoms with van der Waals surface area (Å²) in [7, 11) is 0. The maximum Gasteiger partial charge on any atom is 0.323 e. The molecule has 0 spiro atoms. The van der Waals surface area contributed by atoms with Gasteiger partial charge in [0.2, 0.25) is 0 Å². The lowest BCUT2D eigenvalue weighted by Gasteiger charge is -2.41. The van der Waals surface area contributed by atoms with Gasteiger partial charge in [0.15, 0.2) is 0 Å². The predicted molar refractivity (Wildman–Crippen MR) is 73.6 cm³/mol. The molecule has 106 valence electrons. The Morgan fingerprint density at radius 1 is 1.39 bits per heavy atom. The Hall–Kier alpha value is -0.610. The Morgan fingerprint density at radius 2 is 2.00 bits per heavy atom. The third-order valence-electron chi connectivity index (χ3n) is 3.50. The minimum absolute atomic E-state index is 0.111. The number of piperazine rings is 1. The molecule has 4 heteroatoms. The van der Waals surface area contributed by atoms with Gasteiger partial charge in [0.25, 0.3) is 0 Å². The zero-order valence-electron chi connectivity index (χ0n) is 12.7. The number of ether oxygens (including phenoxy) is 1. The minimum Gasteiger partial charge on any atom is -0.459 e. The minimum atomic E-state index is -0.401. The second-order valence-electron chi connectivity index (χ2n) is 6.18. The molecule has 0 aromatic carbocycles. The third-order valence-corrected chi connectivity index (χ3v) is 3.50. The van der Waals surface area contributed by atoms with Crippen molar-refractivity contribution in [2.45, 2.75) is 59.2 Å². The number of esters is 1. The van der Waals surface area contributed by atoms with E-state index in [2.05, 4.69) is 23.6 Å². The van der Waals surface area contributed by atoms with Crippen molar-refractivity contribution >= 4 is 5.97 Å². The molecule has 1 fully saturated rings. The van der Waals surface area contributed by atoms with Gasteiger partial charge in [-0.25, -0.2) is 0 Å². The SMILES string of the molecule is CCN1CCN(C(C)C(=O)OC(C)(C)C)CC1C. The zero-order chi connectivity index (χ0) is 13.9. The molecule has 0 aromatic heterocycles. The fraction of sp³-hybridized carbons (Fsp3) is 0.929. The summed E-state index contributed by atoms with van der Waals surface area (Å²) in [6.07, 6.45) is 0. The first-order chi connectivity index (χ1) is 8.24. The summed E-state index contributed by atoms with van der Waals surface area (Å²) in [5.41, 5.74) is -0.401. The average molecular weight is 256 g/mol. The quantitative estimate of drug-likeness (QED) is 0.720. The van der Waals surface area contributed by atoms with Gasteiger partial charge in [0.1, 0.15) is 11.6 Å². The second kappa shape index (κ2) is 6.02. The molecule has 1 aliphatic rings. The van der Waals surface area contributed by atoms with Gasteiger partial charge in [-0.2, -0.15) is 0 Å². The largest absolute Gasteiger partial charge is 0.459 e. The molecule has 2 unspecified atom stereocenters. The molecule has 1 aliphatic heterocycles. The number of likely N-dealkylation sites (N-methyl/N-ethyl adjacent to an activating group) is 1. The van der Waals surface area contributed by atoms with E-state index in [-0.39, 0.29) is 12.0 Å². The van der Waals surface area contributed by atoms with E-state index >= 15 is 0 Å². The van der Waals surface area contributed by atoms with Gasteiger partial charge in [0, 0.05) is 25.7 Å². The van der Waals surface area contributed by atoms with E-state index in [1.807, 2.05) is 27.7 Å². The van der Waals surface area contributed by atoms with Crippen molar-refractivity contribution in [1.82, 2.24) is 9.80 Å². The van der Waals surface area contributed by atoms with Crippen LogP contribution in [0.5, 0.6) is 0 Å².